The van der Waals surface area contributed by atoms with Gasteiger partial charge < -0.3 is 0 Å². The summed E-state index contributed by atoms with van der Waals surface area (Å²) < 4.78 is 0. The second-order valence-corrected chi connectivity index (χ2v) is 5.91. The number of hydrogen-bond acceptors (Lipinski definition) is 3. The number of rotatable bonds is 2. The van der Waals surface area contributed by atoms with Crippen molar-refractivity contribution < 1.29 is 0 Å². The summed E-state index contributed by atoms with van der Waals surface area (Å²) in [5, 5.41) is 3.13. The first-order chi connectivity index (χ1) is 8.33. The van der Waals surface area contributed by atoms with Crippen molar-refractivity contribution in [1.82, 2.24) is 9.97 Å². The fourth-order valence-corrected chi connectivity index (χ4v) is 3.78. The molecule has 1 aliphatic rings. The van der Waals surface area contributed by atoms with Crippen molar-refractivity contribution in [2.45, 2.75) is 42.9 Å². The topological polar surface area (TPSA) is 25.8 Å². The molecule has 88 valence electrons. The Morgan fingerprint density at radius 2 is 1.88 bits per heavy atom. The third-order valence-corrected chi connectivity index (χ3v) is 4.60. The minimum atomic E-state index is 0.757. The van der Waals surface area contributed by atoms with Gasteiger partial charge in [-0.05, 0) is 25.8 Å². The van der Waals surface area contributed by atoms with Crippen LogP contribution in [0.2, 0.25) is 0 Å². The molecule has 3 heteroatoms. The lowest BCUT2D eigenvalue weighted by molar-refractivity contribution is 0.886. The Hall–Kier alpha value is -1.09. The molecule has 1 saturated carbocycles. The zero-order chi connectivity index (χ0) is 11.7. The van der Waals surface area contributed by atoms with E-state index in [1.807, 2.05) is 24.8 Å². The molecule has 0 bridgehead atoms. The van der Waals surface area contributed by atoms with E-state index in [1.165, 1.54) is 36.1 Å². The Morgan fingerprint density at radius 1 is 1.12 bits per heavy atom. The van der Waals surface area contributed by atoms with E-state index in [9.17, 15) is 0 Å². The van der Waals surface area contributed by atoms with Crippen LogP contribution in [0, 0.1) is 6.92 Å². The summed E-state index contributed by atoms with van der Waals surface area (Å²) >= 11 is 1.94. The predicted molar refractivity (Wildman–Crippen MR) is 72.4 cm³/mol. The normalized spacial score (nSPS) is 16.8. The highest BCUT2D eigenvalue weighted by atomic mass is 32.2. The van der Waals surface area contributed by atoms with Gasteiger partial charge in [0.1, 0.15) is 10.9 Å². The highest BCUT2D eigenvalue weighted by molar-refractivity contribution is 8.00. The van der Waals surface area contributed by atoms with E-state index in [-0.39, 0.29) is 0 Å². The lowest BCUT2D eigenvalue weighted by Crippen LogP contribution is -1.98. The maximum atomic E-state index is 4.62. The molecule has 0 spiro atoms. The molecule has 1 aromatic heterocycles. The van der Waals surface area contributed by atoms with Gasteiger partial charge in [-0.1, -0.05) is 31.0 Å². The predicted octanol–water partition coefficient (Wildman–Crippen LogP) is 3.97. The third-order valence-electron chi connectivity index (χ3n) is 3.26. The van der Waals surface area contributed by atoms with E-state index in [0.717, 1.165) is 16.6 Å². The number of thioether (sulfide) groups is 1. The quantitative estimate of drug-likeness (QED) is 0.747. The van der Waals surface area contributed by atoms with Gasteiger partial charge in [0.05, 0.1) is 5.52 Å². The van der Waals surface area contributed by atoms with E-state index < -0.39 is 0 Å². The number of para-hydroxylation sites is 1. The molecule has 17 heavy (non-hydrogen) atoms. The average Bonchev–Trinajstić information content (AvgIpc) is 2.81. The number of aryl methyl sites for hydroxylation is 1. The molecule has 3 rings (SSSR count). The molecule has 0 radical (unpaired) electrons. The Balaban J connectivity index is 2.01. The molecule has 1 fully saturated rings. The van der Waals surface area contributed by atoms with Gasteiger partial charge >= 0.3 is 0 Å². The van der Waals surface area contributed by atoms with Gasteiger partial charge in [0.2, 0.25) is 0 Å². The molecule has 0 unspecified atom stereocenters. The van der Waals surface area contributed by atoms with Crippen LogP contribution in [0.3, 0.4) is 0 Å². The summed E-state index contributed by atoms with van der Waals surface area (Å²) in [5.74, 6) is 0.879. The van der Waals surface area contributed by atoms with E-state index in [4.69, 9.17) is 0 Å². The number of benzene rings is 1. The Morgan fingerprint density at radius 3 is 2.71 bits per heavy atom. The van der Waals surface area contributed by atoms with Crippen LogP contribution in [0.4, 0.5) is 0 Å². The lowest BCUT2D eigenvalue weighted by Gasteiger charge is -2.10. The van der Waals surface area contributed by atoms with Crippen LogP contribution in [0.15, 0.2) is 29.3 Å². The lowest BCUT2D eigenvalue weighted by atomic mass is 10.2. The Labute approximate surface area is 106 Å². The fourth-order valence-electron chi connectivity index (χ4n) is 2.41. The van der Waals surface area contributed by atoms with Gasteiger partial charge in [0.25, 0.3) is 0 Å². The summed E-state index contributed by atoms with van der Waals surface area (Å²) in [6.07, 6.45) is 5.42. The van der Waals surface area contributed by atoms with E-state index in [0.29, 0.717) is 0 Å². The minimum Gasteiger partial charge on any atom is -0.233 e. The molecule has 1 heterocycles. The second-order valence-electron chi connectivity index (χ2n) is 4.62. The van der Waals surface area contributed by atoms with E-state index in [1.54, 1.807) is 0 Å². The molecular weight excluding hydrogens is 228 g/mol. The van der Waals surface area contributed by atoms with Crippen molar-refractivity contribution in [2.24, 2.45) is 0 Å². The number of hydrogen-bond donors (Lipinski definition) is 0. The molecule has 0 aliphatic heterocycles. The summed E-state index contributed by atoms with van der Waals surface area (Å²) in [7, 11) is 0. The maximum Gasteiger partial charge on any atom is 0.127 e. The summed E-state index contributed by atoms with van der Waals surface area (Å²) in [5.41, 5.74) is 1.07. The largest absolute Gasteiger partial charge is 0.233 e. The Bertz CT molecular complexity index is 533. The molecule has 1 aromatic carbocycles. The van der Waals surface area contributed by atoms with E-state index >= 15 is 0 Å². The van der Waals surface area contributed by atoms with Crippen molar-refractivity contribution >= 4 is 22.7 Å². The molecular formula is C14H16N2S. The van der Waals surface area contributed by atoms with Crippen LogP contribution in [0.5, 0.6) is 0 Å². The van der Waals surface area contributed by atoms with Crippen molar-refractivity contribution in [3.8, 4) is 0 Å². The molecule has 0 N–H and O–H groups in total. The first kappa shape index (κ1) is 11.0. The standard InChI is InChI=1S/C14H16N2S/c1-10-15-13-9-5-4-8-12(13)14(16-10)17-11-6-2-3-7-11/h4-5,8-9,11H,2-3,6-7H2,1H3. The van der Waals surface area contributed by atoms with Crippen molar-refractivity contribution in [3.05, 3.63) is 30.1 Å². The van der Waals surface area contributed by atoms with Crippen LogP contribution in [0.25, 0.3) is 10.9 Å². The SMILES string of the molecule is Cc1nc(SC2CCCC2)c2ccccc2n1. The first-order valence-corrected chi connectivity index (χ1v) is 7.11. The highest BCUT2D eigenvalue weighted by Crippen LogP contribution is 2.36. The van der Waals surface area contributed by atoms with Crippen LogP contribution in [0.1, 0.15) is 31.5 Å². The van der Waals surface area contributed by atoms with Gasteiger partial charge in [-0.2, -0.15) is 0 Å². The zero-order valence-corrected chi connectivity index (χ0v) is 10.8. The Kier molecular flexibility index (Phi) is 3.02. The van der Waals surface area contributed by atoms with Crippen molar-refractivity contribution in [2.75, 3.05) is 0 Å². The van der Waals surface area contributed by atoms with Crippen molar-refractivity contribution in [1.29, 1.82) is 0 Å². The minimum absolute atomic E-state index is 0.757. The number of aromatic nitrogens is 2. The first-order valence-electron chi connectivity index (χ1n) is 6.23. The van der Waals surface area contributed by atoms with Gasteiger partial charge in [0.15, 0.2) is 0 Å². The fraction of sp³-hybridized carbons (Fsp3) is 0.429. The summed E-state index contributed by atoms with van der Waals surface area (Å²) in [6.45, 7) is 1.98. The average molecular weight is 244 g/mol. The van der Waals surface area contributed by atoms with Gasteiger partial charge in [0, 0.05) is 10.6 Å². The maximum absolute atomic E-state index is 4.62. The monoisotopic (exact) mass is 244 g/mol. The van der Waals surface area contributed by atoms with Gasteiger partial charge in [-0.3, -0.25) is 0 Å². The van der Waals surface area contributed by atoms with Crippen LogP contribution >= 0.6 is 11.8 Å². The molecule has 2 nitrogen and oxygen atoms in total. The number of fused-ring (bicyclic) bond motifs is 1. The van der Waals surface area contributed by atoms with Gasteiger partial charge in [-0.15, -0.1) is 11.8 Å². The number of nitrogens with zero attached hydrogens (tertiary/aromatic N) is 2. The molecule has 0 amide bonds. The summed E-state index contributed by atoms with van der Waals surface area (Å²) in [4.78, 5) is 9.10. The second kappa shape index (κ2) is 4.65. The zero-order valence-electron chi connectivity index (χ0n) is 10.0. The highest BCUT2D eigenvalue weighted by Gasteiger charge is 2.18. The molecule has 0 saturated heterocycles. The smallest absolute Gasteiger partial charge is 0.127 e. The molecule has 0 atom stereocenters. The van der Waals surface area contributed by atoms with Crippen LogP contribution in [-0.2, 0) is 0 Å². The van der Waals surface area contributed by atoms with Crippen molar-refractivity contribution in [3.63, 3.8) is 0 Å². The van der Waals surface area contributed by atoms with Gasteiger partial charge in [-0.25, -0.2) is 9.97 Å². The van der Waals surface area contributed by atoms with Crippen LogP contribution < -0.4 is 0 Å². The third kappa shape index (κ3) is 2.29. The van der Waals surface area contributed by atoms with E-state index in [2.05, 4.69) is 28.2 Å². The van der Waals surface area contributed by atoms with Crippen LogP contribution in [-0.4, -0.2) is 15.2 Å². The summed E-state index contributed by atoms with van der Waals surface area (Å²) in [6, 6.07) is 8.31. The molecule has 1 aliphatic carbocycles. The molecule has 2 aromatic rings.